The second kappa shape index (κ2) is 5.58. The summed E-state index contributed by atoms with van der Waals surface area (Å²) in [6.45, 7) is 5.14. The SMILES string of the molecule is CC1(C)CCCCC1NCc1cc(Cl)ccc1F. The molecular weight excluding hydrogens is 249 g/mol. The summed E-state index contributed by atoms with van der Waals surface area (Å²) in [5.74, 6) is -0.180. The molecule has 0 amide bonds. The predicted molar refractivity (Wildman–Crippen MR) is 74.3 cm³/mol. The molecule has 2 rings (SSSR count). The van der Waals surface area contributed by atoms with Gasteiger partial charge in [0.2, 0.25) is 0 Å². The molecule has 0 heterocycles. The van der Waals surface area contributed by atoms with Crippen molar-refractivity contribution in [2.24, 2.45) is 5.41 Å². The molecule has 1 aromatic rings. The van der Waals surface area contributed by atoms with Gasteiger partial charge in [0.1, 0.15) is 5.82 Å². The third kappa shape index (κ3) is 3.24. The van der Waals surface area contributed by atoms with Crippen LogP contribution in [0.4, 0.5) is 4.39 Å². The summed E-state index contributed by atoms with van der Waals surface area (Å²) in [5.41, 5.74) is 0.955. The van der Waals surface area contributed by atoms with Gasteiger partial charge in [0.25, 0.3) is 0 Å². The lowest BCUT2D eigenvalue weighted by Gasteiger charge is -2.39. The quantitative estimate of drug-likeness (QED) is 0.850. The molecule has 1 atom stereocenters. The fraction of sp³-hybridized carbons (Fsp3) is 0.600. The second-order valence-corrected chi connectivity index (χ2v) is 6.34. The molecule has 0 spiro atoms. The van der Waals surface area contributed by atoms with Gasteiger partial charge in [-0.15, -0.1) is 0 Å². The second-order valence-electron chi connectivity index (χ2n) is 5.90. The topological polar surface area (TPSA) is 12.0 Å². The molecule has 1 aliphatic rings. The normalized spacial score (nSPS) is 23.0. The Morgan fingerprint density at radius 2 is 2.17 bits per heavy atom. The van der Waals surface area contributed by atoms with Gasteiger partial charge in [0.05, 0.1) is 0 Å². The molecule has 1 fully saturated rings. The summed E-state index contributed by atoms with van der Waals surface area (Å²) in [4.78, 5) is 0. The van der Waals surface area contributed by atoms with Crippen molar-refractivity contribution in [3.8, 4) is 0 Å². The third-order valence-corrected chi connectivity index (χ3v) is 4.29. The van der Waals surface area contributed by atoms with E-state index in [0.29, 0.717) is 28.6 Å². The lowest BCUT2D eigenvalue weighted by atomic mass is 9.73. The van der Waals surface area contributed by atoms with Gasteiger partial charge in [-0.25, -0.2) is 4.39 Å². The van der Waals surface area contributed by atoms with E-state index >= 15 is 0 Å². The largest absolute Gasteiger partial charge is 0.309 e. The fourth-order valence-electron chi connectivity index (χ4n) is 2.78. The fourth-order valence-corrected chi connectivity index (χ4v) is 2.98. The van der Waals surface area contributed by atoms with Gasteiger partial charge in [-0.2, -0.15) is 0 Å². The van der Waals surface area contributed by atoms with E-state index in [1.54, 1.807) is 12.1 Å². The molecule has 0 bridgehead atoms. The molecular formula is C15H21ClFN. The van der Waals surface area contributed by atoms with E-state index in [4.69, 9.17) is 11.6 Å². The maximum absolute atomic E-state index is 13.6. The molecule has 0 radical (unpaired) electrons. The summed E-state index contributed by atoms with van der Waals surface area (Å²) in [5, 5.41) is 4.09. The minimum absolute atomic E-state index is 0.180. The van der Waals surface area contributed by atoms with Crippen molar-refractivity contribution in [1.82, 2.24) is 5.32 Å². The van der Waals surface area contributed by atoms with Crippen LogP contribution in [0.25, 0.3) is 0 Å². The Labute approximate surface area is 114 Å². The molecule has 0 aliphatic heterocycles. The van der Waals surface area contributed by atoms with Crippen molar-refractivity contribution in [3.63, 3.8) is 0 Å². The first-order valence-electron chi connectivity index (χ1n) is 6.66. The van der Waals surface area contributed by atoms with Crippen molar-refractivity contribution >= 4 is 11.6 Å². The minimum Gasteiger partial charge on any atom is -0.309 e. The van der Waals surface area contributed by atoms with Gasteiger partial charge in [-0.05, 0) is 36.5 Å². The molecule has 1 unspecified atom stereocenters. The summed E-state index contributed by atoms with van der Waals surface area (Å²) in [6.07, 6.45) is 4.98. The van der Waals surface area contributed by atoms with Crippen LogP contribution in [-0.2, 0) is 6.54 Å². The Morgan fingerprint density at radius 1 is 1.39 bits per heavy atom. The first-order chi connectivity index (χ1) is 8.49. The third-order valence-electron chi connectivity index (χ3n) is 4.05. The molecule has 3 heteroatoms. The van der Waals surface area contributed by atoms with Gasteiger partial charge in [0, 0.05) is 23.2 Å². The first kappa shape index (κ1) is 13.8. The zero-order chi connectivity index (χ0) is 13.2. The van der Waals surface area contributed by atoms with E-state index in [-0.39, 0.29) is 5.82 Å². The summed E-state index contributed by atoms with van der Waals surface area (Å²) >= 11 is 5.90. The van der Waals surface area contributed by atoms with Gasteiger partial charge in [0.15, 0.2) is 0 Å². The van der Waals surface area contributed by atoms with Gasteiger partial charge in [-0.3, -0.25) is 0 Å². The lowest BCUT2D eigenvalue weighted by molar-refractivity contribution is 0.166. The number of hydrogen-bond donors (Lipinski definition) is 1. The van der Waals surface area contributed by atoms with Gasteiger partial charge in [-0.1, -0.05) is 38.3 Å². The lowest BCUT2D eigenvalue weighted by Crippen LogP contribution is -2.43. The van der Waals surface area contributed by atoms with E-state index in [1.807, 2.05) is 0 Å². The Bertz CT molecular complexity index is 417. The van der Waals surface area contributed by atoms with Crippen LogP contribution >= 0.6 is 11.6 Å². The maximum Gasteiger partial charge on any atom is 0.127 e. The Kier molecular flexibility index (Phi) is 4.29. The molecule has 0 aromatic heterocycles. The van der Waals surface area contributed by atoms with Gasteiger partial charge >= 0.3 is 0 Å². The number of nitrogens with one attached hydrogen (secondary N) is 1. The summed E-state index contributed by atoms with van der Waals surface area (Å²) in [6, 6.07) is 5.19. The van der Waals surface area contributed by atoms with Crippen molar-refractivity contribution in [2.75, 3.05) is 0 Å². The van der Waals surface area contributed by atoms with Crippen LogP contribution in [0.5, 0.6) is 0 Å². The number of rotatable bonds is 3. The van der Waals surface area contributed by atoms with Crippen LogP contribution in [0.3, 0.4) is 0 Å². The van der Waals surface area contributed by atoms with Crippen LogP contribution in [0.2, 0.25) is 5.02 Å². The monoisotopic (exact) mass is 269 g/mol. The molecule has 1 saturated carbocycles. The highest BCUT2D eigenvalue weighted by Gasteiger charge is 2.31. The Morgan fingerprint density at radius 3 is 2.89 bits per heavy atom. The summed E-state index contributed by atoms with van der Waals surface area (Å²) < 4.78 is 13.6. The van der Waals surface area contributed by atoms with Crippen molar-refractivity contribution < 1.29 is 4.39 Å². The zero-order valence-corrected chi connectivity index (χ0v) is 11.9. The number of hydrogen-bond acceptors (Lipinski definition) is 1. The smallest absolute Gasteiger partial charge is 0.127 e. The van der Waals surface area contributed by atoms with Crippen LogP contribution in [0.1, 0.15) is 45.1 Å². The average Bonchev–Trinajstić information content (AvgIpc) is 2.31. The predicted octanol–water partition coefficient (Wildman–Crippen LogP) is 4.54. The van der Waals surface area contributed by atoms with Crippen LogP contribution < -0.4 is 5.32 Å². The highest BCUT2D eigenvalue weighted by Crippen LogP contribution is 2.35. The molecule has 1 N–H and O–H groups in total. The number of halogens is 2. The van der Waals surface area contributed by atoms with Crippen LogP contribution in [0.15, 0.2) is 18.2 Å². The van der Waals surface area contributed by atoms with E-state index in [0.717, 1.165) is 0 Å². The summed E-state index contributed by atoms with van der Waals surface area (Å²) in [7, 11) is 0. The van der Waals surface area contributed by atoms with Gasteiger partial charge < -0.3 is 5.32 Å². The first-order valence-corrected chi connectivity index (χ1v) is 7.04. The number of benzene rings is 1. The molecule has 0 saturated heterocycles. The van der Waals surface area contributed by atoms with Crippen LogP contribution in [0, 0.1) is 11.2 Å². The molecule has 18 heavy (non-hydrogen) atoms. The van der Waals surface area contributed by atoms with E-state index in [1.165, 1.54) is 31.7 Å². The van der Waals surface area contributed by atoms with E-state index in [2.05, 4.69) is 19.2 Å². The minimum atomic E-state index is -0.180. The van der Waals surface area contributed by atoms with Crippen LogP contribution in [-0.4, -0.2) is 6.04 Å². The highest BCUT2D eigenvalue weighted by molar-refractivity contribution is 6.30. The molecule has 1 nitrogen and oxygen atoms in total. The average molecular weight is 270 g/mol. The van der Waals surface area contributed by atoms with Crippen molar-refractivity contribution in [1.29, 1.82) is 0 Å². The van der Waals surface area contributed by atoms with Crippen molar-refractivity contribution in [3.05, 3.63) is 34.6 Å². The molecule has 100 valence electrons. The van der Waals surface area contributed by atoms with E-state index in [9.17, 15) is 4.39 Å². The Balaban J connectivity index is 2.00. The zero-order valence-electron chi connectivity index (χ0n) is 11.1. The van der Waals surface area contributed by atoms with E-state index < -0.39 is 0 Å². The molecule has 1 aromatic carbocycles. The molecule has 1 aliphatic carbocycles. The standard InChI is InChI=1S/C15H21ClFN/c1-15(2)8-4-3-5-14(15)18-10-11-9-12(16)6-7-13(11)17/h6-7,9,14,18H,3-5,8,10H2,1-2H3. The van der Waals surface area contributed by atoms with Crippen molar-refractivity contribution in [2.45, 2.75) is 52.1 Å². The highest BCUT2D eigenvalue weighted by atomic mass is 35.5. The Hall–Kier alpha value is -0.600. The maximum atomic E-state index is 13.6.